The van der Waals surface area contributed by atoms with Crippen molar-refractivity contribution in [3.05, 3.63) is 58.6 Å². The summed E-state index contributed by atoms with van der Waals surface area (Å²) >= 11 is 5.92. The molecular weight excluding hydrogens is 272 g/mol. The molecule has 102 valence electrons. The number of nitrogens with one attached hydrogen (secondary N) is 1. The van der Waals surface area contributed by atoms with Crippen molar-refractivity contribution in [1.29, 1.82) is 5.26 Å². The van der Waals surface area contributed by atoms with E-state index in [0.29, 0.717) is 10.6 Å². The first kappa shape index (κ1) is 14.2. The Labute approximate surface area is 123 Å². The van der Waals surface area contributed by atoms with Crippen LogP contribution in [-0.2, 0) is 0 Å². The highest BCUT2D eigenvalue weighted by Gasteiger charge is 2.13. The lowest BCUT2D eigenvalue weighted by Crippen LogP contribution is -2.10. The van der Waals surface area contributed by atoms with Crippen molar-refractivity contribution in [2.24, 2.45) is 0 Å². The van der Waals surface area contributed by atoms with E-state index < -0.39 is 0 Å². The van der Waals surface area contributed by atoms with E-state index in [4.69, 9.17) is 16.9 Å². The van der Waals surface area contributed by atoms with Crippen LogP contribution in [0, 0.1) is 11.3 Å². The zero-order chi connectivity index (χ0) is 14.5. The lowest BCUT2D eigenvalue weighted by Gasteiger charge is -2.20. The number of para-hydroxylation sites is 1. The fourth-order valence-electron chi connectivity index (χ4n) is 2.08. The van der Waals surface area contributed by atoms with Crippen molar-refractivity contribution < 1.29 is 5.11 Å². The number of phenols is 1. The van der Waals surface area contributed by atoms with E-state index in [2.05, 4.69) is 11.4 Å². The summed E-state index contributed by atoms with van der Waals surface area (Å²) in [4.78, 5) is 0. The Morgan fingerprint density at radius 2 is 2.05 bits per heavy atom. The normalized spacial score (nSPS) is 11.7. The molecule has 0 fully saturated rings. The molecular formula is C16H15ClN2O. The molecule has 0 spiro atoms. The molecule has 0 saturated heterocycles. The second kappa shape index (κ2) is 6.31. The van der Waals surface area contributed by atoms with E-state index in [1.54, 1.807) is 24.3 Å². The molecule has 0 radical (unpaired) electrons. The highest BCUT2D eigenvalue weighted by molar-refractivity contribution is 6.31. The zero-order valence-electron chi connectivity index (χ0n) is 11.1. The minimum Gasteiger partial charge on any atom is -0.508 e. The van der Waals surface area contributed by atoms with Gasteiger partial charge in [-0.15, -0.1) is 0 Å². The lowest BCUT2D eigenvalue weighted by molar-refractivity contribution is 0.463. The van der Waals surface area contributed by atoms with Crippen LogP contribution in [0.1, 0.15) is 30.5 Å². The molecule has 2 rings (SSSR count). The van der Waals surface area contributed by atoms with Gasteiger partial charge < -0.3 is 10.4 Å². The highest BCUT2D eigenvalue weighted by atomic mass is 35.5. The van der Waals surface area contributed by atoms with Gasteiger partial charge in [0.15, 0.2) is 0 Å². The molecule has 20 heavy (non-hydrogen) atoms. The zero-order valence-corrected chi connectivity index (χ0v) is 11.9. The molecule has 0 aliphatic heterocycles. The number of anilines is 1. The SMILES string of the molecule is CCC(Nc1ccc(Cl)c(C#N)c1)c1ccccc1O. The summed E-state index contributed by atoms with van der Waals surface area (Å²) in [6.45, 7) is 2.03. The third kappa shape index (κ3) is 3.04. The van der Waals surface area contributed by atoms with Crippen molar-refractivity contribution in [3.8, 4) is 11.8 Å². The fraction of sp³-hybridized carbons (Fsp3) is 0.188. The third-order valence-corrected chi connectivity index (χ3v) is 3.48. The molecule has 4 heteroatoms. The molecule has 1 atom stereocenters. The minimum atomic E-state index is -0.0241. The van der Waals surface area contributed by atoms with Crippen LogP contribution in [0.15, 0.2) is 42.5 Å². The standard InChI is InChI=1S/C16H15ClN2O/c1-2-15(13-5-3-4-6-16(13)20)19-12-7-8-14(17)11(9-12)10-18/h3-9,15,19-20H,2H2,1H3. The molecule has 0 amide bonds. The van der Waals surface area contributed by atoms with Crippen LogP contribution < -0.4 is 5.32 Å². The van der Waals surface area contributed by atoms with Gasteiger partial charge in [0, 0.05) is 11.3 Å². The quantitative estimate of drug-likeness (QED) is 0.871. The second-order valence-corrected chi connectivity index (χ2v) is 4.88. The Hall–Kier alpha value is -2.18. The summed E-state index contributed by atoms with van der Waals surface area (Å²) in [5.41, 5.74) is 2.08. The number of nitriles is 1. The molecule has 0 saturated carbocycles. The number of phenolic OH excluding ortho intramolecular Hbond substituents is 1. The van der Waals surface area contributed by atoms with Gasteiger partial charge >= 0.3 is 0 Å². The van der Waals surface area contributed by atoms with Crippen molar-refractivity contribution >= 4 is 17.3 Å². The van der Waals surface area contributed by atoms with Gasteiger partial charge in [0.2, 0.25) is 0 Å². The number of aromatic hydroxyl groups is 1. The number of halogens is 1. The summed E-state index contributed by atoms with van der Waals surface area (Å²) in [5.74, 6) is 0.265. The Balaban J connectivity index is 2.28. The molecule has 0 heterocycles. The predicted octanol–water partition coefficient (Wildman–Crippen LogP) is 4.48. The van der Waals surface area contributed by atoms with Gasteiger partial charge in [-0.3, -0.25) is 0 Å². The van der Waals surface area contributed by atoms with Crippen LogP contribution in [0.4, 0.5) is 5.69 Å². The van der Waals surface area contributed by atoms with Gasteiger partial charge in [-0.1, -0.05) is 36.7 Å². The van der Waals surface area contributed by atoms with E-state index in [9.17, 15) is 5.11 Å². The number of nitrogens with zero attached hydrogens (tertiary/aromatic N) is 1. The first-order valence-electron chi connectivity index (χ1n) is 6.39. The molecule has 0 bridgehead atoms. The summed E-state index contributed by atoms with van der Waals surface area (Å²) in [6.07, 6.45) is 0.808. The minimum absolute atomic E-state index is 0.0241. The topological polar surface area (TPSA) is 56.0 Å². The van der Waals surface area contributed by atoms with Gasteiger partial charge in [-0.2, -0.15) is 5.26 Å². The Bertz CT molecular complexity index is 649. The molecule has 1 unspecified atom stereocenters. The summed E-state index contributed by atoms with van der Waals surface area (Å²) in [5, 5.41) is 22.7. The monoisotopic (exact) mass is 286 g/mol. The van der Waals surface area contributed by atoms with Gasteiger partial charge in [0.05, 0.1) is 16.6 Å². The maximum Gasteiger partial charge on any atom is 0.120 e. The summed E-state index contributed by atoms with van der Waals surface area (Å²) in [7, 11) is 0. The maximum absolute atomic E-state index is 9.92. The first-order chi connectivity index (χ1) is 9.65. The molecule has 0 aliphatic rings. The van der Waals surface area contributed by atoms with Gasteiger partial charge in [-0.05, 0) is 30.7 Å². The van der Waals surface area contributed by atoms with E-state index in [-0.39, 0.29) is 11.8 Å². The molecule has 0 aliphatic carbocycles. The molecule has 2 N–H and O–H groups in total. The van der Waals surface area contributed by atoms with E-state index >= 15 is 0 Å². The Kier molecular flexibility index (Phi) is 4.49. The van der Waals surface area contributed by atoms with Crippen molar-refractivity contribution in [3.63, 3.8) is 0 Å². The predicted molar refractivity (Wildman–Crippen MR) is 80.9 cm³/mol. The van der Waals surface area contributed by atoms with Crippen molar-refractivity contribution in [2.75, 3.05) is 5.32 Å². The molecule has 2 aromatic carbocycles. The first-order valence-corrected chi connectivity index (χ1v) is 6.77. The number of rotatable bonds is 4. The Morgan fingerprint density at radius 3 is 2.70 bits per heavy atom. The van der Waals surface area contributed by atoms with Gasteiger partial charge in [-0.25, -0.2) is 0 Å². The largest absolute Gasteiger partial charge is 0.508 e. The van der Waals surface area contributed by atoms with Crippen LogP contribution >= 0.6 is 11.6 Å². The van der Waals surface area contributed by atoms with Crippen molar-refractivity contribution in [1.82, 2.24) is 0 Å². The number of benzene rings is 2. The Morgan fingerprint density at radius 1 is 1.30 bits per heavy atom. The summed E-state index contributed by atoms with van der Waals surface area (Å²) < 4.78 is 0. The van der Waals surface area contributed by atoms with E-state index in [1.807, 2.05) is 25.1 Å². The third-order valence-electron chi connectivity index (χ3n) is 3.15. The molecule has 2 aromatic rings. The molecule has 0 aromatic heterocycles. The highest BCUT2D eigenvalue weighted by Crippen LogP contribution is 2.30. The second-order valence-electron chi connectivity index (χ2n) is 4.47. The van der Waals surface area contributed by atoms with Crippen LogP contribution in [0.5, 0.6) is 5.75 Å². The smallest absolute Gasteiger partial charge is 0.120 e. The number of hydrogen-bond acceptors (Lipinski definition) is 3. The van der Waals surface area contributed by atoms with Crippen LogP contribution in [0.2, 0.25) is 5.02 Å². The van der Waals surface area contributed by atoms with Gasteiger partial charge in [0.1, 0.15) is 11.8 Å². The van der Waals surface area contributed by atoms with E-state index in [0.717, 1.165) is 17.7 Å². The van der Waals surface area contributed by atoms with Crippen LogP contribution in [-0.4, -0.2) is 5.11 Å². The number of hydrogen-bond donors (Lipinski definition) is 2. The average molecular weight is 287 g/mol. The van der Waals surface area contributed by atoms with E-state index in [1.165, 1.54) is 0 Å². The lowest BCUT2D eigenvalue weighted by atomic mass is 10.0. The van der Waals surface area contributed by atoms with Gasteiger partial charge in [0.25, 0.3) is 0 Å². The average Bonchev–Trinajstić information content (AvgIpc) is 2.47. The van der Waals surface area contributed by atoms with Crippen LogP contribution in [0.3, 0.4) is 0 Å². The van der Waals surface area contributed by atoms with Crippen molar-refractivity contribution in [2.45, 2.75) is 19.4 Å². The fourth-order valence-corrected chi connectivity index (χ4v) is 2.24. The maximum atomic E-state index is 9.92. The summed E-state index contributed by atoms with van der Waals surface area (Å²) in [6, 6.07) is 14.5. The van der Waals surface area contributed by atoms with Crippen LogP contribution in [0.25, 0.3) is 0 Å². The molecule has 3 nitrogen and oxygen atoms in total.